The Morgan fingerprint density at radius 1 is 1.09 bits per heavy atom. The number of pyridine rings is 1. The number of halogens is 2. The van der Waals surface area contributed by atoms with Crippen LogP contribution in [0, 0.1) is 0 Å². The summed E-state index contributed by atoms with van der Waals surface area (Å²) >= 11 is 0. The molecule has 2 aliphatic rings. The fourth-order valence-corrected chi connectivity index (χ4v) is 5.07. The van der Waals surface area contributed by atoms with E-state index in [4.69, 9.17) is 21.2 Å². The van der Waals surface area contributed by atoms with Crippen molar-refractivity contribution in [3.8, 4) is 5.75 Å². The average Bonchev–Trinajstić information content (AvgIpc) is 3.17. The van der Waals surface area contributed by atoms with E-state index >= 15 is 0 Å². The van der Waals surface area contributed by atoms with Gasteiger partial charge in [0.25, 0.3) is 5.92 Å². The van der Waals surface area contributed by atoms with E-state index in [0.29, 0.717) is 22.5 Å². The van der Waals surface area contributed by atoms with Gasteiger partial charge in [-0.1, -0.05) is 12.1 Å². The molecule has 0 aliphatic heterocycles. The number of benzene rings is 1. The van der Waals surface area contributed by atoms with Crippen LogP contribution in [0.2, 0.25) is 0 Å². The van der Waals surface area contributed by atoms with Gasteiger partial charge in [0.05, 0.1) is 12.6 Å². The second kappa shape index (κ2) is 6.80. The molecule has 0 spiro atoms. The van der Waals surface area contributed by atoms with Crippen LogP contribution < -0.4 is 16.2 Å². The van der Waals surface area contributed by atoms with Gasteiger partial charge in [0.2, 0.25) is 5.95 Å². The van der Waals surface area contributed by atoms with Crippen LogP contribution >= 0.6 is 0 Å². The van der Waals surface area contributed by atoms with Crippen LogP contribution in [0.25, 0.3) is 16.6 Å². The smallest absolute Gasteiger partial charge is 0.252 e. The van der Waals surface area contributed by atoms with E-state index < -0.39 is 11.5 Å². The first-order valence-corrected chi connectivity index (χ1v) is 10.9. The predicted octanol–water partition coefficient (Wildman–Crippen LogP) is 3.51. The Morgan fingerprint density at radius 2 is 1.88 bits per heavy atom. The van der Waals surface area contributed by atoms with Gasteiger partial charge in [-0.05, 0) is 36.6 Å². The molecule has 3 heterocycles. The Labute approximate surface area is 188 Å². The van der Waals surface area contributed by atoms with Crippen molar-refractivity contribution < 1.29 is 13.5 Å². The Kier molecular flexibility index (Phi) is 4.17. The van der Waals surface area contributed by atoms with Crippen molar-refractivity contribution in [2.24, 2.45) is 5.73 Å². The molecule has 4 N–H and O–H groups in total. The first-order chi connectivity index (χ1) is 15.8. The molecule has 6 rings (SSSR count). The van der Waals surface area contributed by atoms with Gasteiger partial charge in [0.1, 0.15) is 11.3 Å². The van der Waals surface area contributed by atoms with Crippen molar-refractivity contribution in [2.75, 3.05) is 12.8 Å². The minimum absolute atomic E-state index is 0.183. The molecule has 0 saturated heterocycles. The summed E-state index contributed by atoms with van der Waals surface area (Å²) in [6, 6.07) is 9.38. The SMILES string of the molecule is COc1cccc2c1nc(N)n1nc([C@H]3C[C@@H](c4ccc(C5(N)CC(F)(F)C5)cn4)C3)nc21. The summed E-state index contributed by atoms with van der Waals surface area (Å²) in [7, 11) is 1.59. The van der Waals surface area contributed by atoms with Gasteiger partial charge in [-0.25, -0.2) is 18.7 Å². The summed E-state index contributed by atoms with van der Waals surface area (Å²) in [6.07, 6.45) is 2.69. The van der Waals surface area contributed by atoms with Crippen LogP contribution in [0.15, 0.2) is 36.5 Å². The van der Waals surface area contributed by atoms with E-state index in [1.54, 1.807) is 17.8 Å². The molecule has 2 saturated carbocycles. The van der Waals surface area contributed by atoms with E-state index in [1.165, 1.54) is 0 Å². The van der Waals surface area contributed by atoms with Crippen molar-refractivity contribution in [3.63, 3.8) is 0 Å². The van der Waals surface area contributed by atoms with Crippen LogP contribution in [0.4, 0.5) is 14.7 Å². The highest BCUT2D eigenvalue weighted by atomic mass is 19.3. The largest absolute Gasteiger partial charge is 0.494 e. The highest BCUT2D eigenvalue weighted by Crippen LogP contribution is 2.50. The molecule has 0 unspecified atom stereocenters. The molecule has 10 heteroatoms. The van der Waals surface area contributed by atoms with Crippen LogP contribution in [-0.2, 0) is 5.54 Å². The summed E-state index contributed by atoms with van der Waals surface area (Å²) < 4.78 is 33.6. The monoisotopic (exact) mass is 451 g/mol. The zero-order chi connectivity index (χ0) is 23.0. The summed E-state index contributed by atoms with van der Waals surface area (Å²) in [6.45, 7) is 0. The van der Waals surface area contributed by atoms with Gasteiger partial charge in [0.15, 0.2) is 11.5 Å². The first-order valence-electron chi connectivity index (χ1n) is 10.9. The van der Waals surface area contributed by atoms with Gasteiger partial charge in [-0.2, -0.15) is 4.52 Å². The summed E-state index contributed by atoms with van der Waals surface area (Å²) in [4.78, 5) is 13.7. The van der Waals surface area contributed by atoms with Crippen molar-refractivity contribution in [1.82, 2.24) is 24.6 Å². The first kappa shape index (κ1) is 20.2. The molecule has 170 valence electrons. The number of nitrogen functional groups attached to an aromatic ring is 1. The molecular formula is C23H23F2N7O. The van der Waals surface area contributed by atoms with E-state index in [2.05, 4.69) is 15.1 Å². The molecule has 8 nitrogen and oxygen atoms in total. The summed E-state index contributed by atoms with van der Waals surface area (Å²) in [5.41, 5.74) is 14.2. The number of nitrogens with two attached hydrogens (primary N) is 2. The molecule has 0 amide bonds. The molecule has 2 aliphatic carbocycles. The van der Waals surface area contributed by atoms with E-state index in [-0.39, 0.29) is 30.6 Å². The second-order valence-corrected chi connectivity index (χ2v) is 9.23. The molecule has 0 bridgehead atoms. The molecular weight excluding hydrogens is 428 g/mol. The van der Waals surface area contributed by atoms with Crippen molar-refractivity contribution >= 4 is 22.5 Å². The number of aromatic nitrogens is 5. The molecule has 33 heavy (non-hydrogen) atoms. The van der Waals surface area contributed by atoms with Gasteiger partial charge < -0.3 is 16.2 Å². The lowest BCUT2D eigenvalue weighted by molar-refractivity contribution is -0.125. The van der Waals surface area contributed by atoms with Crippen molar-refractivity contribution in [1.29, 1.82) is 0 Å². The molecule has 1 aromatic carbocycles. The molecule has 0 atom stereocenters. The molecule has 0 radical (unpaired) electrons. The Bertz CT molecular complexity index is 1370. The minimum Gasteiger partial charge on any atom is -0.494 e. The lowest BCUT2D eigenvalue weighted by atomic mass is 9.69. The number of hydrogen-bond donors (Lipinski definition) is 2. The van der Waals surface area contributed by atoms with E-state index in [0.717, 1.165) is 29.7 Å². The quantitative estimate of drug-likeness (QED) is 0.488. The molecule has 3 aromatic heterocycles. The number of anilines is 1. The fourth-order valence-electron chi connectivity index (χ4n) is 5.07. The third-order valence-electron chi connectivity index (χ3n) is 6.96. The number of hydrogen-bond acceptors (Lipinski definition) is 7. The lowest BCUT2D eigenvalue weighted by Crippen LogP contribution is -2.55. The zero-order valence-corrected chi connectivity index (χ0v) is 18.0. The lowest BCUT2D eigenvalue weighted by Gasteiger charge is -2.44. The maximum atomic E-state index is 13.3. The number of nitrogens with zero attached hydrogens (tertiary/aromatic N) is 5. The number of ether oxygens (including phenoxy) is 1. The summed E-state index contributed by atoms with van der Waals surface area (Å²) in [5, 5.41) is 5.44. The minimum atomic E-state index is -2.68. The molecule has 2 fully saturated rings. The fraction of sp³-hybridized carbons (Fsp3) is 0.391. The third kappa shape index (κ3) is 3.12. The predicted molar refractivity (Wildman–Crippen MR) is 118 cm³/mol. The highest BCUT2D eigenvalue weighted by Gasteiger charge is 2.55. The maximum Gasteiger partial charge on any atom is 0.252 e. The summed E-state index contributed by atoms with van der Waals surface area (Å²) in [5.74, 6) is -0.614. The van der Waals surface area contributed by atoms with Crippen LogP contribution in [0.1, 0.15) is 54.6 Å². The highest BCUT2D eigenvalue weighted by molar-refractivity contribution is 5.95. The van der Waals surface area contributed by atoms with E-state index in [9.17, 15) is 8.78 Å². The average molecular weight is 451 g/mol. The van der Waals surface area contributed by atoms with E-state index in [1.807, 2.05) is 30.3 Å². The third-order valence-corrected chi connectivity index (χ3v) is 6.96. The Balaban J connectivity index is 1.22. The van der Waals surface area contributed by atoms with Crippen molar-refractivity contribution in [3.05, 3.63) is 53.6 Å². The van der Waals surface area contributed by atoms with Gasteiger partial charge in [-0.15, -0.1) is 5.10 Å². The van der Waals surface area contributed by atoms with Gasteiger partial charge in [-0.3, -0.25) is 4.98 Å². The number of fused-ring (bicyclic) bond motifs is 3. The number of rotatable bonds is 4. The Morgan fingerprint density at radius 3 is 2.55 bits per heavy atom. The van der Waals surface area contributed by atoms with Crippen LogP contribution in [-0.4, -0.2) is 37.6 Å². The molecule has 4 aromatic rings. The number of alkyl halides is 2. The number of methoxy groups -OCH3 is 1. The zero-order valence-electron chi connectivity index (χ0n) is 18.0. The van der Waals surface area contributed by atoms with Crippen molar-refractivity contribution in [2.45, 2.75) is 49.0 Å². The Hall–Kier alpha value is -3.40. The normalized spacial score (nSPS) is 23.3. The standard InChI is InChI=1S/C23H23F2N7O/c1-33-17-4-2-3-15-18(17)29-21(26)32-20(15)30-19(31-32)13-7-12(8-13)16-6-5-14(9-28-16)22(27)10-23(24,25)11-22/h2-6,9,12-13H,7-8,10-11,27H2,1H3,(H2,26,29)/t12-,13+. The van der Waals surface area contributed by atoms with Crippen LogP contribution in [0.3, 0.4) is 0 Å². The van der Waals surface area contributed by atoms with Crippen LogP contribution in [0.5, 0.6) is 5.75 Å². The maximum absolute atomic E-state index is 13.3. The second-order valence-electron chi connectivity index (χ2n) is 9.23. The van der Waals surface area contributed by atoms with Gasteiger partial charge in [0, 0.05) is 42.0 Å². The topological polar surface area (TPSA) is 117 Å². The van der Waals surface area contributed by atoms with Gasteiger partial charge >= 0.3 is 0 Å². The number of para-hydroxylation sites is 1.